The minimum atomic E-state index is -0.626. The standard InChI is InChI=1S/C12H11ClFN3O2/c1-2-8-5-15-10(19-8)6-17-12(18)9-3-7(14)4-16-11(9)13/h3-5H,2,6H2,1H3,(H,17,18). The molecule has 0 spiro atoms. The highest BCUT2D eigenvalue weighted by Crippen LogP contribution is 2.13. The van der Waals surface area contributed by atoms with Gasteiger partial charge in [0.05, 0.1) is 24.5 Å². The van der Waals surface area contributed by atoms with Crippen LogP contribution in [0.25, 0.3) is 0 Å². The molecule has 0 aliphatic carbocycles. The Morgan fingerprint density at radius 2 is 2.26 bits per heavy atom. The van der Waals surface area contributed by atoms with E-state index < -0.39 is 11.7 Å². The third-order valence-corrected chi connectivity index (χ3v) is 2.70. The maximum atomic E-state index is 13.0. The molecule has 0 atom stereocenters. The number of nitrogens with one attached hydrogen (secondary N) is 1. The Bertz CT molecular complexity index is 600. The Hall–Kier alpha value is -1.95. The van der Waals surface area contributed by atoms with Crippen LogP contribution in [0.5, 0.6) is 0 Å². The van der Waals surface area contributed by atoms with Gasteiger partial charge in [0.25, 0.3) is 5.91 Å². The van der Waals surface area contributed by atoms with Crippen molar-refractivity contribution in [3.8, 4) is 0 Å². The van der Waals surface area contributed by atoms with Crippen molar-refractivity contribution in [1.82, 2.24) is 15.3 Å². The molecule has 19 heavy (non-hydrogen) atoms. The number of hydrogen-bond donors (Lipinski definition) is 1. The van der Waals surface area contributed by atoms with Gasteiger partial charge in [0.15, 0.2) is 0 Å². The van der Waals surface area contributed by atoms with Crippen LogP contribution in [0.15, 0.2) is 22.9 Å². The van der Waals surface area contributed by atoms with Gasteiger partial charge in [-0.25, -0.2) is 14.4 Å². The molecular weight excluding hydrogens is 273 g/mol. The fourth-order valence-corrected chi connectivity index (χ4v) is 1.62. The minimum absolute atomic E-state index is 0.0241. The Labute approximate surface area is 113 Å². The van der Waals surface area contributed by atoms with Gasteiger partial charge >= 0.3 is 0 Å². The van der Waals surface area contributed by atoms with Crippen LogP contribution >= 0.6 is 11.6 Å². The molecule has 0 aliphatic heterocycles. The summed E-state index contributed by atoms with van der Waals surface area (Å²) in [6.45, 7) is 2.03. The molecule has 0 bridgehead atoms. The van der Waals surface area contributed by atoms with E-state index in [-0.39, 0.29) is 17.3 Å². The van der Waals surface area contributed by atoms with Gasteiger partial charge in [-0.2, -0.15) is 0 Å². The first-order chi connectivity index (χ1) is 9.10. The number of pyridine rings is 1. The number of carbonyl (C=O) groups is 1. The van der Waals surface area contributed by atoms with Gasteiger partial charge in [-0.05, 0) is 6.07 Å². The van der Waals surface area contributed by atoms with Crippen molar-refractivity contribution in [2.45, 2.75) is 19.9 Å². The molecule has 0 radical (unpaired) electrons. The number of aromatic nitrogens is 2. The van der Waals surface area contributed by atoms with Crippen LogP contribution in [0.1, 0.15) is 28.9 Å². The van der Waals surface area contributed by atoms with E-state index in [1.54, 1.807) is 6.20 Å². The molecule has 2 aromatic heterocycles. The number of rotatable bonds is 4. The van der Waals surface area contributed by atoms with Crippen molar-refractivity contribution in [3.05, 3.63) is 46.6 Å². The molecule has 0 saturated heterocycles. The van der Waals surface area contributed by atoms with Crippen LogP contribution in [-0.2, 0) is 13.0 Å². The molecule has 0 aromatic carbocycles. The highest BCUT2D eigenvalue weighted by Gasteiger charge is 2.13. The minimum Gasteiger partial charge on any atom is -0.444 e. The zero-order chi connectivity index (χ0) is 13.8. The third kappa shape index (κ3) is 3.29. The normalized spacial score (nSPS) is 10.5. The summed E-state index contributed by atoms with van der Waals surface area (Å²) in [7, 11) is 0. The van der Waals surface area contributed by atoms with E-state index in [2.05, 4.69) is 15.3 Å². The number of oxazole rings is 1. The molecule has 0 aliphatic rings. The van der Waals surface area contributed by atoms with Crippen LogP contribution in [0.2, 0.25) is 5.15 Å². The number of nitrogens with zero attached hydrogens (tertiary/aromatic N) is 2. The summed E-state index contributed by atoms with van der Waals surface area (Å²) in [5.41, 5.74) is -0.0241. The second kappa shape index (κ2) is 5.79. The number of carbonyl (C=O) groups excluding carboxylic acids is 1. The number of hydrogen-bond acceptors (Lipinski definition) is 4. The van der Waals surface area contributed by atoms with Crippen molar-refractivity contribution in [2.75, 3.05) is 0 Å². The SMILES string of the molecule is CCc1cnc(CNC(=O)c2cc(F)cnc2Cl)o1. The maximum absolute atomic E-state index is 13.0. The lowest BCUT2D eigenvalue weighted by molar-refractivity contribution is 0.0946. The lowest BCUT2D eigenvalue weighted by Crippen LogP contribution is -2.23. The fourth-order valence-electron chi connectivity index (χ4n) is 1.43. The van der Waals surface area contributed by atoms with Crippen LogP contribution < -0.4 is 5.32 Å². The second-order valence-electron chi connectivity index (χ2n) is 3.75. The van der Waals surface area contributed by atoms with Crippen LogP contribution in [0, 0.1) is 5.82 Å². The average Bonchev–Trinajstić information content (AvgIpc) is 2.87. The fraction of sp³-hybridized carbons (Fsp3) is 0.250. The van der Waals surface area contributed by atoms with Gasteiger partial charge in [-0.3, -0.25) is 4.79 Å². The molecule has 2 rings (SSSR count). The molecular formula is C12H11ClFN3O2. The topological polar surface area (TPSA) is 68.0 Å². The van der Waals surface area contributed by atoms with E-state index in [1.165, 1.54) is 0 Å². The molecule has 1 amide bonds. The van der Waals surface area contributed by atoms with E-state index in [1.807, 2.05) is 6.92 Å². The van der Waals surface area contributed by atoms with Gasteiger partial charge < -0.3 is 9.73 Å². The largest absolute Gasteiger partial charge is 0.444 e. The lowest BCUT2D eigenvalue weighted by atomic mass is 10.2. The lowest BCUT2D eigenvalue weighted by Gasteiger charge is -2.04. The Morgan fingerprint density at radius 1 is 1.47 bits per heavy atom. The molecule has 2 heterocycles. The maximum Gasteiger partial charge on any atom is 0.254 e. The first-order valence-electron chi connectivity index (χ1n) is 5.63. The molecule has 1 N–H and O–H groups in total. The monoisotopic (exact) mass is 283 g/mol. The van der Waals surface area contributed by atoms with Gasteiger partial charge in [0.2, 0.25) is 5.89 Å². The summed E-state index contributed by atoms with van der Waals surface area (Å²) < 4.78 is 18.3. The van der Waals surface area contributed by atoms with E-state index >= 15 is 0 Å². The first-order valence-corrected chi connectivity index (χ1v) is 6.00. The smallest absolute Gasteiger partial charge is 0.254 e. The summed E-state index contributed by atoms with van der Waals surface area (Å²) in [5, 5.41) is 2.48. The van der Waals surface area contributed by atoms with Gasteiger partial charge in [-0.15, -0.1) is 0 Å². The second-order valence-corrected chi connectivity index (χ2v) is 4.11. The van der Waals surface area contributed by atoms with Crippen molar-refractivity contribution < 1.29 is 13.6 Å². The highest BCUT2D eigenvalue weighted by atomic mass is 35.5. The summed E-state index contributed by atoms with van der Waals surface area (Å²) in [4.78, 5) is 19.3. The molecule has 2 aromatic rings. The van der Waals surface area contributed by atoms with Gasteiger partial charge in [0, 0.05) is 6.42 Å². The molecule has 0 unspecified atom stereocenters. The van der Waals surface area contributed by atoms with Gasteiger partial charge in [0.1, 0.15) is 16.7 Å². The molecule has 0 fully saturated rings. The van der Waals surface area contributed by atoms with Crippen molar-refractivity contribution in [3.63, 3.8) is 0 Å². The zero-order valence-corrected chi connectivity index (χ0v) is 10.9. The number of aryl methyl sites for hydroxylation is 1. The Kier molecular flexibility index (Phi) is 4.11. The number of halogens is 2. The van der Waals surface area contributed by atoms with E-state index in [4.69, 9.17) is 16.0 Å². The Balaban J connectivity index is 2.03. The summed E-state index contributed by atoms with van der Waals surface area (Å²) in [6.07, 6.45) is 3.26. The summed E-state index contributed by atoms with van der Waals surface area (Å²) in [6, 6.07) is 1.03. The zero-order valence-electron chi connectivity index (χ0n) is 10.1. The number of amides is 1. The van der Waals surface area contributed by atoms with E-state index in [0.29, 0.717) is 5.89 Å². The third-order valence-electron chi connectivity index (χ3n) is 2.40. The highest BCUT2D eigenvalue weighted by molar-refractivity contribution is 6.32. The predicted molar refractivity (Wildman–Crippen MR) is 66.3 cm³/mol. The van der Waals surface area contributed by atoms with E-state index in [9.17, 15) is 9.18 Å². The van der Waals surface area contributed by atoms with Crippen molar-refractivity contribution >= 4 is 17.5 Å². The van der Waals surface area contributed by atoms with E-state index in [0.717, 1.165) is 24.4 Å². The van der Waals surface area contributed by atoms with Crippen molar-refractivity contribution in [1.29, 1.82) is 0 Å². The van der Waals surface area contributed by atoms with Crippen molar-refractivity contribution in [2.24, 2.45) is 0 Å². The molecule has 0 saturated carbocycles. The molecule has 5 nitrogen and oxygen atoms in total. The quantitative estimate of drug-likeness (QED) is 0.875. The van der Waals surface area contributed by atoms with Crippen LogP contribution in [-0.4, -0.2) is 15.9 Å². The Morgan fingerprint density at radius 3 is 2.95 bits per heavy atom. The first kappa shape index (κ1) is 13.5. The van der Waals surface area contributed by atoms with Gasteiger partial charge in [-0.1, -0.05) is 18.5 Å². The molecule has 100 valence electrons. The van der Waals surface area contributed by atoms with Crippen LogP contribution in [0.3, 0.4) is 0 Å². The predicted octanol–water partition coefficient (Wildman–Crippen LogP) is 2.35. The van der Waals surface area contributed by atoms with Crippen LogP contribution in [0.4, 0.5) is 4.39 Å². The molecule has 7 heteroatoms. The summed E-state index contributed by atoms with van der Waals surface area (Å²) >= 11 is 5.72. The average molecular weight is 284 g/mol. The summed E-state index contributed by atoms with van der Waals surface area (Å²) in [5.74, 6) is -0.0485.